The highest BCUT2D eigenvalue weighted by atomic mass is 79.9. The van der Waals surface area contributed by atoms with E-state index in [1.807, 2.05) is 0 Å². The minimum absolute atomic E-state index is 0.159. The van der Waals surface area contributed by atoms with Crippen LogP contribution in [0.2, 0.25) is 0 Å². The van der Waals surface area contributed by atoms with Crippen LogP contribution in [0, 0.1) is 5.82 Å². The Morgan fingerprint density at radius 2 is 2.10 bits per heavy atom. The molecule has 0 aliphatic rings. The molecule has 4 nitrogen and oxygen atoms in total. The summed E-state index contributed by atoms with van der Waals surface area (Å²) in [6, 6.07) is 11.4. The van der Waals surface area contributed by atoms with Gasteiger partial charge in [0.1, 0.15) is 11.6 Å². The van der Waals surface area contributed by atoms with E-state index < -0.39 is 5.82 Å². The van der Waals surface area contributed by atoms with Crippen molar-refractivity contribution in [2.75, 3.05) is 17.7 Å². The zero-order valence-electron chi connectivity index (χ0n) is 11.1. The van der Waals surface area contributed by atoms with Crippen LogP contribution in [0.25, 0.3) is 0 Å². The topological polar surface area (TPSA) is 64.3 Å². The van der Waals surface area contributed by atoms with E-state index in [4.69, 9.17) is 10.5 Å². The number of nitrogens with two attached hydrogens (primary N) is 1. The van der Waals surface area contributed by atoms with Crippen molar-refractivity contribution in [3.05, 3.63) is 52.8 Å². The fraction of sp³-hybridized carbons (Fsp3) is 0.133. The molecule has 0 spiro atoms. The third-order valence-corrected chi connectivity index (χ3v) is 3.30. The van der Waals surface area contributed by atoms with Crippen LogP contribution >= 0.6 is 15.9 Å². The summed E-state index contributed by atoms with van der Waals surface area (Å²) < 4.78 is 19.0. The molecule has 2 aromatic rings. The molecule has 0 bridgehead atoms. The molecule has 0 unspecified atom stereocenters. The molecule has 0 aliphatic heterocycles. The largest absolute Gasteiger partial charge is 0.493 e. The summed E-state index contributed by atoms with van der Waals surface area (Å²) in [7, 11) is 0. The lowest BCUT2D eigenvalue weighted by Gasteiger charge is -2.08. The molecule has 0 fully saturated rings. The lowest BCUT2D eigenvalue weighted by atomic mass is 10.2. The molecule has 0 aromatic heterocycles. The van der Waals surface area contributed by atoms with E-state index in [0.29, 0.717) is 21.6 Å². The molecular weight excluding hydrogens is 339 g/mol. The molecule has 110 valence electrons. The molecule has 0 radical (unpaired) electrons. The first-order chi connectivity index (χ1) is 10.0. The normalized spacial score (nSPS) is 10.2. The summed E-state index contributed by atoms with van der Waals surface area (Å²) >= 11 is 3.06. The van der Waals surface area contributed by atoms with E-state index in [2.05, 4.69) is 21.2 Å². The Bertz CT molecular complexity index is 649. The third-order valence-electron chi connectivity index (χ3n) is 2.66. The highest BCUT2D eigenvalue weighted by Crippen LogP contribution is 2.21. The predicted octanol–water partition coefficient (Wildman–Crippen LogP) is 3.58. The lowest BCUT2D eigenvalue weighted by molar-refractivity contribution is -0.116. The van der Waals surface area contributed by atoms with Crippen molar-refractivity contribution >= 4 is 33.2 Å². The van der Waals surface area contributed by atoms with Gasteiger partial charge in [0.25, 0.3) is 0 Å². The van der Waals surface area contributed by atoms with E-state index in [1.165, 1.54) is 6.07 Å². The Labute approximate surface area is 130 Å². The first-order valence-electron chi connectivity index (χ1n) is 6.28. The highest BCUT2D eigenvalue weighted by molar-refractivity contribution is 9.10. The van der Waals surface area contributed by atoms with Gasteiger partial charge in [0.2, 0.25) is 5.91 Å². The number of carbonyl (C=O) groups excluding carboxylic acids is 1. The molecule has 1 amide bonds. The Morgan fingerprint density at radius 3 is 2.81 bits per heavy atom. The molecule has 0 aliphatic carbocycles. The number of halogens is 2. The molecular formula is C15H14BrFN2O2. The van der Waals surface area contributed by atoms with Crippen LogP contribution in [0.5, 0.6) is 5.75 Å². The average Bonchev–Trinajstić information content (AvgIpc) is 2.43. The van der Waals surface area contributed by atoms with Crippen molar-refractivity contribution in [3.8, 4) is 5.75 Å². The summed E-state index contributed by atoms with van der Waals surface area (Å²) in [5.74, 6) is -0.220. The second-order valence-corrected chi connectivity index (χ2v) is 5.20. The Kier molecular flexibility index (Phi) is 5.16. The van der Waals surface area contributed by atoms with Gasteiger partial charge >= 0.3 is 0 Å². The Morgan fingerprint density at radius 1 is 1.29 bits per heavy atom. The van der Waals surface area contributed by atoms with Crippen molar-refractivity contribution in [2.45, 2.75) is 6.42 Å². The first-order valence-corrected chi connectivity index (χ1v) is 7.07. The maximum Gasteiger partial charge on any atom is 0.227 e. The van der Waals surface area contributed by atoms with Crippen LogP contribution in [0.3, 0.4) is 0 Å². The number of hydrogen-bond donors (Lipinski definition) is 2. The van der Waals surface area contributed by atoms with E-state index in [1.54, 1.807) is 36.4 Å². The summed E-state index contributed by atoms with van der Waals surface area (Å²) in [6.45, 7) is 0.162. The fourth-order valence-corrected chi connectivity index (χ4v) is 1.91. The minimum Gasteiger partial charge on any atom is -0.493 e. The van der Waals surface area contributed by atoms with Gasteiger partial charge in [0.15, 0.2) is 0 Å². The average molecular weight is 353 g/mol. The standard InChI is InChI=1S/C15H14BrFN2O2/c16-13-5-4-12(9-14(13)17)21-7-6-15(20)19-11-3-1-2-10(18)8-11/h1-5,8-9H,6-7,18H2,(H,19,20). The van der Waals surface area contributed by atoms with Gasteiger partial charge in [-0.15, -0.1) is 0 Å². The SMILES string of the molecule is Nc1cccc(NC(=O)CCOc2ccc(Br)c(F)c2)c1. The van der Waals surface area contributed by atoms with Crippen LogP contribution < -0.4 is 15.8 Å². The van der Waals surface area contributed by atoms with Crippen LogP contribution in [0.1, 0.15) is 6.42 Å². The van der Waals surface area contributed by atoms with Gasteiger partial charge in [-0.1, -0.05) is 6.07 Å². The number of ether oxygens (including phenoxy) is 1. The van der Waals surface area contributed by atoms with Crippen molar-refractivity contribution in [3.63, 3.8) is 0 Å². The maximum atomic E-state index is 13.3. The number of rotatable bonds is 5. The van der Waals surface area contributed by atoms with Gasteiger partial charge in [-0.2, -0.15) is 0 Å². The van der Waals surface area contributed by atoms with Gasteiger partial charge in [-0.25, -0.2) is 4.39 Å². The monoisotopic (exact) mass is 352 g/mol. The molecule has 2 rings (SSSR count). The molecule has 2 aromatic carbocycles. The number of nitrogen functional groups attached to an aromatic ring is 1. The van der Waals surface area contributed by atoms with Crippen LogP contribution in [0.4, 0.5) is 15.8 Å². The Hall–Kier alpha value is -2.08. The summed E-state index contributed by atoms with van der Waals surface area (Å²) in [6.07, 6.45) is 0.159. The van der Waals surface area contributed by atoms with Crippen LogP contribution in [-0.4, -0.2) is 12.5 Å². The van der Waals surface area contributed by atoms with E-state index >= 15 is 0 Å². The minimum atomic E-state index is -0.406. The number of hydrogen-bond acceptors (Lipinski definition) is 3. The molecule has 0 saturated heterocycles. The van der Waals surface area contributed by atoms with Gasteiger partial charge in [0, 0.05) is 17.4 Å². The number of benzene rings is 2. The quantitative estimate of drug-likeness (QED) is 0.808. The maximum absolute atomic E-state index is 13.3. The molecule has 0 atom stereocenters. The van der Waals surface area contributed by atoms with E-state index in [-0.39, 0.29) is 18.9 Å². The van der Waals surface area contributed by atoms with Gasteiger partial charge in [0.05, 0.1) is 17.5 Å². The zero-order valence-corrected chi connectivity index (χ0v) is 12.7. The van der Waals surface area contributed by atoms with E-state index in [9.17, 15) is 9.18 Å². The number of amides is 1. The molecule has 0 saturated carbocycles. The second-order valence-electron chi connectivity index (χ2n) is 4.35. The summed E-state index contributed by atoms with van der Waals surface area (Å²) in [5, 5.41) is 2.71. The molecule has 6 heteroatoms. The first kappa shape index (κ1) is 15.3. The van der Waals surface area contributed by atoms with Crippen LogP contribution in [-0.2, 0) is 4.79 Å². The zero-order chi connectivity index (χ0) is 15.2. The van der Waals surface area contributed by atoms with Gasteiger partial charge < -0.3 is 15.8 Å². The smallest absolute Gasteiger partial charge is 0.227 e. The molecule has 0 heterocycles. The van der Waals surface area contributed by atoms with Crippen molar-refractivity contribution in [1.82, 2.24) is 0 Å². The lowest BCUT2D eigenvalue weighted by Crippen LogP contribution is -2.15. The van der Waals surface area contributed by atoms with Crippen molar-refractivity contribution < 1.29 is 13.9 Å². The molecule has 21 heavy (non-hydrogen) atoms. The van der Waals surface area contributed by atoms with Gasteiger partial charge in [-0.3, -0.25) is 4.79 Å². The Balaban J connectivity index is 1.80. The fourth-order valence-electron chi connectivity index (χ4n) is 1.67. The molecule has 3 N–H and O–H groups in total. The summed E-state index contributed by atoms with van der Waals surface area (Å²) in [4.78, 5) is 11.7. The van der Waals surface area contributed by atoms with Crippen molar-refractivity contribution in [1.29, 1.82) is 0 Å². The highest BCUT2D eigenvalue weighted by Gasteiger charge is 2.05. The summed E-state index contributed by atoms with van der Waals surface area (Å²) in [5.41, 5.74) is 6.83. The predicted molar refractivity (Wildman–Crippen MR) is 83.7 cm³/mol. The van der Waals surface area contributed by atoms with E-state index in [0.717, 1.165) is 0 Å². The van der Waals surface area contributed by atoms with Gasteiger partial charge in [-0.05, 0) is 46.3 Å². The third kappa shape index (κ3) is 4.75. The number of anilines is 2. The van der Waals surface area contributed by atoms with Crippen molar-refractivity contribution in [2.24, 2.45) is 0 Å². The second kappa shape index (κ2) is 7.08. The number of carbonyl (C=O) groups is 1. The number of nitrogens with one attached hydrogen (secondary N) is 1. The van der Waals surface area contributed by atoms with Crippen LogP contribution in [0.15, 0.2) is 46.9 Å².